The molecule has 3 rings (SSSR count). The molecule has 0 atom stereocenters. The topological polar surface area (TPSA) is 78.3 Å². The maximum absolute atomic E-state index is 13.9. The molecule has 0 aliphatic rings. The number of hydrogen-bond donors (Lipinski definition) is 0. The molecule has 0 aliphatic carbocycles. The van der Waals surface area contributed by atoms with Gasteiger partial charge in [-0.1, -0.05) is 17.7 Å². The summed E-state index contributed by atoms with van der Waals surface area (Å²) in [6.45, 7) is 14.6. The number of nitrogens with zero attached hydrogens (tertiary/aromatic N) is 2. The molecule has 0 aliphatic heterocycles. The fraction of sp³-hybridized carbons (Fsp3) is 0.417. The van der Waals surface area contributed by atoms with Crippen molar-refractivity contribution in [2.45, 2.75) is 72.3 Å². The lowest BCUT2D eigenvalue weighted by Crippen LogP contribution is -2.26. The number of rotatable bonds is 4. The Morgan fingerprint density at radius 2 is 1.55 bits per heavy atom. The zero-order valence-electron chi connectivity index (χ0n) is 19.5. The first kappa shape index (κ1) is 23.0. The van der Waals surface area contributed by atoms with Gasteiger partial charge in [-0.2, -0.15) is 0 Å². The summed E-state index contributed by atoms with van der Waals surface area (Å²) in [5.41, 5.74) is 4.68. The van der Waals surface area contributed by atoms with Crippen molar-refractivity contribution in [3.8, 4) is 0 Å². The molecule has 0 saturated carbocycles. The highest BCUT2D eigenvalue weighted by molar-refractivity contribution is 7.90. The molecule has 0 bridgehead atoms. The minimum Gasteiger partial charge on any atom is -0.460 e. The van der Waals surface area contributed by atoms with E-state index in [0.29, 0.717) is 27.9 Å². The van der Waals surface area contributed by atoms with Crippen LogP contribution in [-0.4, -0.2) is 28.9 Å². The van der Waals surface area contributed by atoms with Gasteiger partial charge < -0.3 is 4.74 Å². The van der Waals surface area contributed by atoms with E-state index >= 15 is 0 Å². The fourth-order valence-electron chi connectivity index (χ4n) is 3.95. The third-order valence-electron chi connectivity index (χ3n) is 5.11. The summed E-state index contributed by atoms with van der Waals surface area (Å²) in [4.78, 5) is 17.4. The maximum Gasteiger partial charge on any atom is 0.312 e. The summed E-state index contributed by atoms with van der Waals surface area (Å²) in [5, 5.41) is 0. The van der Waals surface area contributed by atoms with E-state index in [0.717, 1.165) is 16.8 Å². The largest absolute Gasteiger partial charge is 0.460 e. The van der Waals surface area contributed by atoms with Crippen LogP contribution in [0, 0.1) is 34.6 Å². The van der Waals surface area contributed by atoms with Gasteiger partial charge in [0, 0.05) is 11.4 Å². The van der Waals surface area contributed by atoms with Crippen LogP contribution in [-0.2, 0) is 26.0 Å². The van der Waals surface area contributed by atoms with E-state index in [4.69, 9.17) is 4.74 Å². The molecule has 6 nitrogen and oxygen atoms in total. The first-order chi connectivity index (χ1) is 14.2. The Bertz CT molecular complexity index is 1270. The molecular formula is C24H30N2O4S. The van der Waals surface area contributed by atoms with E-state index in [1.807, 2.05) is 39.0 Å². The number of ether oxygens (including phenoxy) is 1. The summed E-state index contributed by atoms with van der Waals surface area (Å²) >= 11 is 0. The lowest BCUT2D eigenvalue weighted by molar-refractivity contribution is -0.154. The van der Waals surface area contributed by atoms with Crippen molar-refractivity contribution < 1.29 is 17.9 Å². The summed E-state index contributed by atoms with van der Waals surface area (Å²) in [6, 6.07) is 7.19. The second-order valence-electron chi connectivity index (χ2n) is 9.19. The van der Waals surface area contributed by atoms with Gasteiger partial charge in [-0.25, -0.2) is 12.4 Å². The minimum absolute atomic E-state index is 0.172. The van der Waals surface area contributed by atoms with Crippen LogP contribution in [0.3, 0.4) is 0 Å². The van der Waals surface area contributed by atoms with Crippen LogP contribution in [0.4, 0.5) is 0 Å². The average Bonchev–Trinajstić information content (AvgIpc) is 2.89. The highest BCUT2D eigenvalue weighted by Gasteiger charge is 2.29. The molecule has 0 fully saturated rings. The molecule has 0 saturated heterocycles. The normalized spacial score (nSPS) is 12.4. The zero-order valence-corrected chi connectivity index (χ0v) is 20.3. The Balaban J connectivity index is 2.29. The molecule has 0 amide bonds. The highest BCUT2D eigenvalue weighted by atomic mass is 32.2. The molecule has 2 heterocycles. The van der Waals surface area contributed by atoms with Gasteiger partial charge in [0.05, 0.1) is 22.3 Å². The van der Waals surface area contributed by atoms with E-state index in [2.05, 4.69) is 4.98 Å². The van der Waals surface area contributed by atoms with Crippen molar-refractivity contribution in [3.05, 3.63) is 57.9 Å². The SMILES string of the molecule is Cc1cc(C)c(S(=O)(=O)n2c(CC(=O)OC(C)(C)C)cc3nc(C)c(C)cc32)c(C)c1. The van der Waals surface area contributed by atoms with Crippen LogP contribution in [0.25, 0.3) is 11.0 Å². The number of esters is 1. The fourth-order valence-corrected chi connectivity index (χ4v) is 5.89. The third-order valence-corrected chi connectivity index (χ3v) is 7.18. The Morgan fingerprint density at radius 3 is 2.10 bits per heavy atom. The molecule has 31 heavy (non-hydrogen) atoms. The number of aryl methyl sites for hydroxylation is 5. The standard InChI is InChI=1S/C24H30N2O4S/c1-14-9-16(3)23(17(4)10-14)31(28,29)26-19(13-22(27)30-24(6,7)8)12-20-21(26)11-15(2)18(5)25-20/h9-12H,13H2,1-8H3. The van der Waals surface area contributed by atoms with Gasteiger partial charge >= 0.3 is 5.97 Å². The molecule has 2 aromatic heterocycles. The van der Waals surface area contributed by atoms with Gasteiger partial charge in [0.1, 0.15) is 5.60 Å². The first-order valence-corrected chi connectivity index (χ1v) is 11.7. The number of carbonyl (C=O) groups excluding carboxylic acids is 1. The summed E-state index contributed by atoms with van der Waals surface area (Å²) in [6.07, 6.45) is -0.172. The number of pyridine rings is 1. The molecule has 0 unspecified atom stereocenters. The van der Waals surface area contributed by atoms with Gasteiger partial charge in [0.25, 0.3) is 10.0 Å². The smallest absolute Gasteiger partial charge is 0.312 e. The van der Waals surface area contributed by atoms with Crippen LogP contribution in [0.15, 0.2) is 29.2 Å². The number of aromatic nitrogens is 2. The van der Waals surface area contributed by atoms with Crippen LogP contribution >= 0.6 is 0 Å². The quantitative estimate of drug-likeness (QED) is 0.547. The van der Waals surface area contributed by atoms with Crippen molar-refractivity contribution in [2.24, 2.45) is 0 Å². The second kappa shape index (κ2) is 7.79. The third kappa shape index (κ3) is 4.51. The molecule has 166 valence electrons. The van der Waals surface area contributed by atoms with Gasteiger partial charge in [-0.3, -0.25) is 9.78 Å². The van der Waals surface area contributed by atoms with E-state index in [9.17, 15) is 13.2 Å². The molecule has 3 aromatic rings. The number of carbonyl (C=O) groups is 1. The van der Waals surface area contributed by atoms with Crippen LogP contribution < -0.4 is 0 Å². The average molecular weight is 443 g/mol. The van der Waals surface area contributed by atoms with E-state index in [1.54, 1.807) is 40.7 Å². The minimum atomic E-state index is -3.98. The zero-order chi connectivity index (χ0) is 23.3. The predicted octanol–water partition coefficient (Wildman–Crippen LogP) is 4.70. The van der Waals surface area contributed by atoms with Crippen LogP contribution in [0.5, 0.6) is 0 Å². The van der Waals surface area contributed by atoms with Gasteiger partial charge in [-0.15, -0.1) is 0 Å². The monoisotopic (exact) mass is 442 g/mol. The van der Waals surface area contributed by atoms with Gasteiger partial charge in [0.2, 0.25) is 0 Å². The van der Waals surface area contributed by atoms with Crippen molar-refractivity contribution in [1.29, 1.82) is 0 Å². The highest BCUT2D eigenvalue weighted by Crippen LogP contribution is 2.30. The van der Waals surface area contributed by atoms with Crippen molar-refractivity contribution in [2.75, 3.05) is 0 Å². The maximum atomic E-state index is 13.9. The van der Waals surface area contributed by atoms with Crippen LogP contribution in [0.2, 0.25) is 0 Å². The van der Waals surface area contributed by atoms with E-state index < -0.39 is 21.6 Å². The first-order valence-electron chi connectivity index (χ1n) is 10.2. The molecular weight excluding hydrogens is 412 g/mol. The Labute approximate surface area is 184 Å². The molecule has 0 spiro atoms. The predicted molar refractivity (Wildman–Crippen MR) is 122 cm³/mol. The number of benzene rings is 1. The summed E-state index contributed by atoms with van der Waals surface area (Å²) in [5.74, 6) is -0.488. The lowest BCUT2D eigenvalue weighted by atomic mass is 10.1. The molecule has 0 N–H and O–H groups in total. The van der Waals surface area contributed by atoms with E-state index in [1.165, 1.54) is 3.97 Å². The lowest BCUT2D eigenvalue weighted by Gasteiger charge is -2.20. The van der Waals surface area contributed by atoms with Crippen molar-refractivity contribution >= 4 is 27.0 Å². The molecule has 1 aromatic carbocycles. The Kier molecular flexibility index (Phi) is 5.78. The number of fused-ring (bicyclic) bond motifs is 1. The Hall–Kier alpha value is -2.67. The van der Waals surface area contributed by atoms with E-state index in [-0.39, 0.29) is 11.3 Å². The second-order valence-corrected chi connectivity index (χ2v) is 10.9. The van der Waals surface area contributed by atoms with Gasteiger partial charge in [-0.05, 0) is 84.2 Å². The Morgan fingerprint density at radius 1 is 0.968 bits per heavy atom. The molecule has 0 radical (unpaired) electrons. The van der Waals surface area contributed by atoms with Gasteiger partial charge in [0.15, 0.2) is 0 Å². The summed E-state index contributed by atoms with van der Waals surface area (Å²) < 4.78 is 34.6. The summed E-state index contributed by atoms with van der Waals surface area (Å²) in [7, 11) is -3.98. The van der Waals surface area contributed by atoms with Crippen molar-refractivity contribution in [3.63, 3.8) is 0 Å². The number of hydrogen-bond acceptors (Lipinski definition) is 5. The van der Waals surface area contributed by atoms with Crippen molar-refractivity contribution in [1.82, 2.24) is 8.96 Å². The molecule has 7 heteroatoms. The van der Waals surface area contributed by atoms with Crippen LogP contribution in [0.1, 0.15) is 54.4 Å².